The largest absolute Gasteiger partial charge is 0.358 e. The van der Waals surface area contributed by atoms with Crippen LogP contribution in [0.25, 0.3) is 10.9 Å². The lowest BCUT2D eigenvalue weighted by Gasteiger charge is -2.11. The van der Waals surface area contributed by atoms with Crippen molar-refractivity contribution in [1.82, 2.24) is 20.3 Å². The molecule has 22 heavy (non-hydrogen) atoms. The van der Waals surface area contributed by atoms with E-state index in [1.807, 2.05) is 0 Å². The minimum Gasteiger partial charge on any atom is -0.358 e. The number of hydrogen-bond acceptors (Lipinski definition) is 3. The lowest BCUT2D eigenvalue weighted by atomic mass is 10.1. The van der Waals surface area contributed by atoms with Crippen molar-refractivity contribution in [3.63, 3.8) is 0 Å². The summed E-state index contributed by atoms with van der Waals surface area (Å²) >= 11 is 0. The number of carbonyl (C=O) groups is 1. The molecule has 1 aromatic carbocycles. The van der Waals surface area contributed by atoms with Gasteiger partial charge in [-0.15, -0.1) is 0 Å². The number of nitrogens with one attached hydrogen (secondary N) is 2. The van der Waals surface area contributed by atoms with Crippen LogP contribution in [0, 0.1) is 6.92 Å². The van der Waals surface area contributed by atoms with E-state index in [1.54, 1.807) is 6.20 Å². The summed E-state index contributed by atoms with van der Waals surface area (Å²) in [7, 11) is 0. The van der Waals surface area contributed by atoms with Crippen LogP contribution in [0.2, 0.25) is 0 Å². The second kappa shape index (κ2) is 4.94. The molecule has 0 fully saturated rings. The van der Waals surface area contributed by atoms with Gasteiger partial charge in [-0.3, -0.25) is 9.78 Å². The van der Waals surface area contributed by atoms with E-state index < -0.39 is 0 Å². The van der Waals surface area contributed by atoms with Crippen molar-refractivity contribution in [3.05, 3.63) is 59.3 Å². The fourth-order valence-electron chi connectivity index (χ4n) is 3.17. The van der Waals surface area contributed by atoms with E-state index in [0.717, 1.165) is 12.8 Å². The van der Waals surface area contributed by atoms with Crippen LogP contribution >= 0.6 is 0 Å². The zero-order valence-corrected chi connectivity index (χ0v) is 12.3. The van der Waals surface area contributed by atoms with E-state index in [-0.39, 0.29) is 11.9 Å². The SMILES string of the molecule is Cc1ccc2[nH]c3c(c2c1)CC(NC(=O)c1cnccn1)C3. The fraction of sp³-hybridized carbons (Fsp3) is 0.235. The van der Waals surface area contributed by atoms with E-state index in [4.69, 9.17) is 0 Å². The van der Waals surface area contributed by atoms with Crippen molar-refractivity contribution < 1.29 is 4.79 Å². The van der Waals surface area contributed by atoms with Crippen molar-refractivity contribution in [2.24, 2.45) is 0 Å². The standard InChI is InChI=1S/C17H16N4O/c1-10-2-3-14-12(6-10)13-7-11(8-15(13)21-14)20-17(22)16-9-18-4-5-19-16/h2-6,9,11,21H,7-8H2,1H3,(H,20,22). The summed E-state index contributed by atoms with van der Waals surface area (Å²) in [6, 6.07) is 6.55. The number of H-pyrrole nitrogens is 1. The Morgan fingerprint density at radius 3 is 3.05 bits per heavy atom. The second-order valence-electron chi connectivity index (χ2n) is 5.80. The highest BCUT2D eigenvalue weighted by Gasteiger charge is 2.27. The van der Waals surface area contributed by atoms with Gasteiger partial charge in [0.1, 0.15) is 5.69 Å². The zero-order valence-electron chi connectivity index (χ0n) is 12.3. The van der Waals surface area contributed by atoms with Gasteiger partial charge in [-0.05, 0) is 31.0 Å². The third-order valence-electron chi connectivity index (χ3n) is 4.18. The lowest BCUT2D eigenvalue weighted by molar-refractivity contribution is 0.0933. The Balaban J connectivity index is 1.55. The molecule has 2 aromatic heterocycles. The lowest BCUT2D eigenvalue weighted by Crippen LogP contribution is -2.36. The molecule has 1 aliphatic rings. The zero-order chi connectivity index (χ0) is 15.1. The van der Waals surface area contributed by atoms with Gasteiger partial charge in [0.2, 0.25) is 0 Å². The molecule has 0 spiro atoms. The molecule has 1 amide bonds. The maximum absolute atomic E-state index is 12.2. The molecule has 5 nitrogen and oxygen atoms in total. The average molecular weight is 292 g/mol. The first-order valence-corrected chi connectivity index (χ1v) is 7.37. The van der Waals surface area contributed by atoms with E-state index >= 15 is 0 Å². The van der Waals surface area contributed by atoms with Gasteiger partial charge in [0.05, 0.1) is 6.20 Å². The molecule has 0 saturated heterocycles. The third-order valence-corrected chi connectivity index (χ3v) is 4.18. The Labute approximate surface area is 127 Å². The number of hydrogen-bond donors (Lipinski definition) is 2. The highest BCUT2D eigenvalue weighted by atomic mass is 16.1. The summed E-state index contributed by atoms with van der Waals surface area (Å²) in [5.41, 5.74) is 5.34. The molecule has 2 N–H and O–H groups in total. The van der Waals surface area contributed by atoms with Crippen LogP contribution in [-0.2, 0) is 12.8 Å². The van der Waals surface area contributed by atoms with Crippen LogP contribution in [0.5, 0.6) is 0 Å². The second-order valence-corrected chi connectivity index (χ2v) is 5.80. The van der Waals surface area contributed by atoms with E-state index in [0.29, 0.717) is 5.69 Å². The third kappa shape index (κ3) is 2.15. The number of fused-ring (bicyclic) bond motifs is 3. The highest BCUT2D eigenvalue weighted by molar-refractivity contribution is 5.92. The predicted octanol–water partition coefficient (Wildman–Crippen LogP) is 2.16. The van der Waals surface area contributed by atoms with Crippen LogP contribution in [0.4, 0.5) is 0 Å². The Kier molecular flexibility index (Phi) is 2.92. The molecule has 0 bridgehead atoms. The number of aryl methyl sites for hydroxylation is 1. The van der Waals surface area contributed by atoms with E-state index in [2.05, 4.69) is 45.4 Å². The minimum atomic E-state index is -0.163. The quantitative estimate of drug-likeness (QED) is 0.760. The molecule has 1 unspecified atom stereocenters. The van der Waals surface area contributed by atoms with Crippen LogP contribution < -0.4 is 5.32 Å². The van der Waals surface area contributed by atoms with Crippen molar-refractivity contribution in [1.29, 1.82) is 0 Å². The highest BCUT2D eigenvalue weighted by Crippen LogP contribution is 2.30. The van der Waals surface area contributed by atoms with Crippen molar-refractivity contribution in [2.45, 2.75) is 25.8 Å². The van der Waals surface area contributed by atoms with Gasteiger partial charge in [0.15, 0.2) is 0 Å². The Morgan fingerprint density at radius 1 is 1.32 bits per heavy atom. The number of amides is 1. The Morgan fingerprint density at radius 2 is 2.23 bits per heavy atom. The molecule has 110 valence electrons. The number of aromatic amines is 1. The van der Waals surface area contributed by atoms with Crippen LogP contribution in [0.1, 0.15) is 27.3 Å². The van der Waals surface area contributed by atoms with E-state index in [1.165, 1.54) is 40.1 Å². The first kappa shape index (κ1) is 13.0. The number of benzene rings is 1. The van der Waals surface area contributed by atoms with Gasteiger partial charge < -0.3 is 10.3 Å². The van der Waals surface area contributed by atoms with Crippen LogP contribution in [0.15, 0.2) is 36.8 Å². The Hall–Kier alpha value is -2.69. The molecule has 0 aliphatic heterocycles. The Bertz CT molecular complexity index is 854. The van der Waals surface area contributed by atoms with Gasteiger partial charge in [0.25, 0.3) is 5.91 Å². The summed E-state index contributed by atoms with van der Waals surface area (Å²) in [5.74, 6) is -0.163. The summed E-state index contributed by atoms with van der Waals surface area (Å²) in [6.07, 6.45) is 6.26. The molecule has 0 radical (unpaired) electrons. The monoisotopic (exact) mass is 292 g/mol. The molecule has 0 saturated carbocycles. The normalized spacial score (nSPS) is 16.7. The van der Waals surface area contributed by atoms with Gasteiger partial charge in [-0.2, -0.15) is 0 Å². The number of rotatable bonds is 2. The number of nitrogens with zero attached hydrogens (tertiary/aromatic N) is 2. The van der Waals surface area contributed by atoms with Crippen molar-refractivity contribution in [3.8, 4) is 0 Å². The summed E-state index contributed by atoms with van der Waals surface area (Å²) < 4.78 is 0. The van der Waals surface area contributed by atoms with Crippen LogP contribution in [0.3, 0.4) is 0 Å². The molecule has 1 atom stereocenters. The maximum atomic E-state index is 12.2. The molecule has 4 rings (SSSR count). The summed E-state index contributed by atoms with van der Waals surface area (Å²) in [6.45, 7) is 2.10. The van der Waals surface area contributed by atoms with Crippen molar-refractivity contribution in [2.75, 3.05) is 0 Å². The molecular formula is C17H16N4O. The van der Waals surface area contributed by atoms with E-state index in [9.17, 15) is 4.79 Å². The van der Waals surface area contributed by atoms with Gasteiger partial charge >= 0.3 is 0 Å². The maximum Gasteiger partial charge on any atom is 0.271 e. The molecular weight excluding hydrogens is 276 g/mol. The molecule has 3 aromatic rings. The average Bonchev–Trinajstić information content (AvgIpc) is 3.05. The molecule has 2 heterocycles. The van der Waals surface area contributed by atoms with Gasteiger partial charge in [-0.25, -0.2) is 4.98 Å². The first-order chi connectivity index (χ1) is 10.7. The topological polar surface area (TPSA) is 70.7 Å². The molecule has 5 heteroatoms. The number of aromatic nitrogens is 3. The fourth-order valence-corrected chi connectivity index (χ4v) is 3.17. The summed E-state index contributed by atoms with van der Waals surface area (Å²) in [5, 5.41) is 4.32. The summed E-state index contributed by atoms with van der Waals surface area (Å²) in [4.78, 5) is 23.6. The number of carbonyl (C=O) groups excluding carboxylic acids is 1. The van der Waals surface area contributed by atoms with Gasteiger partial charge in [-0.1, -0.05) is 11.6 Å². The molecule has 1 aliphatic carbocycles. The first-order valence-electron chi connectivity index (χ1n) is 7.37. The van der Waals surface area contributed by atoms with Gasteiger partial charge in [0, 0.05) is 41.5 Å². The predicted molar refractivity (Wildman–Crippen MR) is 83.7 cm³/mol. The van der Waals surface area contributed by atoms with Crippen molar-refractivity contribution >= 4 is 16.8 Å². The smallest absolute Gasteiger partial charge is 0.271 e. The minimum absolute atomic E-state index is 0.112. The van der Waals surface area contributed by atoms with Crippen LogP contribution in [-0.4, -0.2) is 26.9 Å².